The van der Waals surface area contributed by atoms with Crippen LogP contribution in [0.4, 0.5) is 4.79 Å². The van der Waals surface area contributed by atoms with Crippen LogP contribution in [0, 0.1) is 0 Å². The number of hydrogen-bond donors (Lipinski definition) is 0. The lowest BCUT2D eigenvalue weighted by atomic mass is 10.8. The first-order valence-electron chi connectivity index (χ1n) is 2.58. The second-order valence-corrected chi connectivity index (χ2v) is 2.77. The Hall–Kier alpha value is -0.380. The van der Waals surface area contributed by atoms with E-state index in [4.69, 9.17) is 0 Å². The van der Waals surface area contributed by atoms with E-state index in [1.54, 1.807) is 25.4 Å². The summed E-state index contributed by atoms with van der Waals surface area (Å²) in [6.45, 7) is 0. The summed E-state index contributed by atoms with van der Waals surface area (Å²) in [5, 5.41) is 0. The maximum absolute atomic E-state index is 10.9. The molecule has 4 heteroatoms. The summed E-state index contributed by atoms with van der Waals surface area (Å²) in [7, 11) is 5.21. The first-order valence-corrected chi connectivity index (χ1v) is 3.77. The molecule has 0 aromatic carbocycles. The van der Waals surface area contributed by atoms with Gasteiger partial charge in [-0.15, -0.1) is 0 Å². The summed E-state index contributed by atoms with van der Waals surface area (Å²) in [6, 6.07) is 0.0162. The highest BCUT2D eigenvalue weighted by Gasteiger charge is 2.07. The van der Waals surface area contributed by atoms with Gasteiger partial charge in [0, 0.05) is 27.4 Å². The van der Waals surface area contributed by atoms with Crippen molar-refractivity contribution in [2.45, 2.75) is 0 Å². The molecule has 0 aromatic rings. The van der Waals surface area contributed by atoms with Crippen molar-refractivity contribution in [3.8, 4) is 0 Å². The summed E-state index contributed by atoms with van der Waals surface area (Å²) in [6.07, 6.45) is 1.86. The van der Waals surface area contributed by atoms with Crippen LogP contribution in [0.5, 0.6) is 0 Å². The van der Waals surface area contributed by atoms with Crippen LogP contribution in [0.2, 0.25) is 0 Å². The van der Waals surface area contributed by atoms with Gasteiger partial charge in [-0.2, -0.15) is 0 Å². The quantitative estimate of drug-likeness (QED) is 0.515. The zero-order chi connectivity index (χ0) is 7.44. The highest BCUT2D eigenvalue weighted by atomic mass is 32.2. The average molecular weight is 148 g/mol. The van der Waals surface area contributed by atoms with E-state index in [0.29, 0.717) is 0 Å². The Labute approximate surface area is 60.1 Å². The van der Waals surface area contributed by atoms with Crippen molar-refractivity contribution in [2.24, 2.45) is 0 Å². The Bertz CT molecular complexity index is 105. The molecule has 0 bridgehead atoms. The molecular weight excluding hydrogens is 136 g/mol. The second-order valence-electron chi connectivity index (χ2n) is 1.86. The van der Waals surface area contributed by atoms with Gasteiger partial charge in [0.2, 0.25) is 0 Å². The van der Waals surface area contributed by atoms with Crippen molar-refractivity contribution in [1.82, 2.24) is 9.21 Å². The van der Waals surface area contributed by atoms with Gasteiger partial charge in [-0.25, -0.2) is 4.79 Å². The second kappa shape index (κ2) is 3.61. The molecule has 0 atom stereocenters. The summed E-state index contributed by atoms with van der Waals surface area (Å²) >= 11 is 1.40. The van der Waals surface area contributed by atoms with E-state index in [1.807, 2.05) is 6.26 Å². The molecule has 0 N–H and O–H groups in total. The van der Waals surface area contributed by atoms with Crippen molar-refractivity contribution in [3.05, 3.63) is 0 Å². The van der Waals surface area contributed by atoms with Gasteiger partial charge in [-0.05, 0) is 11.9 Å². The fourth-order valence-electron chi connectivity index (χ4n) is 0.360. The number of carbonyl (C=O) groups is 1. The van der Waals surface area contributed by atoms with E-state index in [0.717, 1.165) is 0 Å². The normalized spacial score (nSPS) is 8.89. The minimum absolute atomic E-state index is 0.0162. The van der Waals surface area contributed by atoms with Crippen molar-refractivity contribution in [3.63, 3.8) is 0 Å². The maximum Gasteiger partial charge on any atom is 0.329 e. The molecule has 0 aromatic heterocycles. The standard InChI is InChI=1S/C5H12N2OS/c1-6(2)5(8)7(3)9-4/h1-4H3. The number of hydrogen-bond acceptors (Lipinski definition) is 2. The smallest absolute Gasteiger partial charge is 0.329 e. The summed E-state index contributed by atoms with van der Waals surface area (Å²) in [4.78, 5) is 12.4. The predicted octanol–water partition coefficient (Wildman–Crippen LogP) is 0.878. The van der Waals surface area contributed by atoms with Crippen molar-refractivity contribution < 1.29 is 4.79 Å². The van der Waals surface area contributed by atoms with Gasteiger partial charge in [0.15, 0.2) is 0 Å². The molecule has 0 aliphatic heterocycles. The van der Waals surface area contributed by atoms with Crippen LogP contribution >= 0.6 is 11.9 Å². The molecular formula is C5H12N2OS. The van der Waals surface area contributed by atoms with Crippen LogP contribution < -0.4 is 0 Å². The molecule has 0 heterocycles. The van der Waals surface area contributed by atoms with E-state index in [-0.39, 0.29) is 6.03 Å². The first kappa shape index (κ1) is 8.62. The molecule has 9 heavy (non-hydrogen) atoms. The van der Waals surface area contributed by atoms with E-state index >= 15 is 0 Å². The molecule has 0 spiro atoms. The molecule has 0 rings (SSSR count). The van der Waals surface area contributed by atoms with E-state index in [1.165, 1.54) is 16.8 Å². The van der Waals surface area contributed by atoms with Gasteiger partial charge in [0.1, 0.15) is 0 Å². The van der Waals surface area contributed by atoms with E-state index in [2.05, 4.69) is 0 Å². The number of nitrogens with zero attached hydrogens (tertiary/aromatic N) is 2. The van der Waals surface area contributed by atoms with Crippen LogP contribution in [0.3, 0.4) is 0 Å². The molecule has 0 aliphatic carbocycles. The Morgan fingerprint density at radius 1 is 1.33 bits per heavy atom. The van der Waals surface area contributed by atoms with Crippen molar-refractivity contribution >= 4 is 18.0 Å². The number of urea groups is 1. The number of carbonyl (C=O) groups excluding carboxylic acids is 1. The Morgan fingerprint density at radius 3 is 1.89 bits per heavy atom. The molecule has 0 aliphatic rings. The van der Waals surface area contributed by atoms with Crippen LogP contribution in [0.25, 0.3) is 0 Å². The minimum atomic E-state index is 0.0162. The van der Waals surface area contributed by atoms with Gasteiger partial charge in [0.25, 0.3) is 0 Å². The molecule has 54 valence electrons. The van der Waals surface area contributed by atoms with Crippen LogP contribution in [-0.2, 0) is 0 Å². The molecule has 2 amide bonds. The fourth-order valence-corrected chi connectivity index (χ4v) is 0.679. The monoisotopic (exact) mass is 148 g/mol. The Kier molecular flexibility index (Phi) is 3.46. The van der Waals surface area contributed by atoms with Crippen LogP contribution in [-0.4, -0.2) is 42.6 Å². The molecule has 0 radical (unpaired) electrons. The Morgan fingerprint density at radius 2 is 1.78 bits per heavy atom. The molecule has 0 fully saturated rings. The summed E-state index contributed by atoms with van der Waals surface area (Å²) in [5.41, 5.74) is 0. The topological polar surface area (TPSA) is 23.6 Å². The lowest BCUT2D eigenvalue weighted by molar-refractivity contribution is 0.205. The van der Waals surface area contributed by atoms with E-state index in [9.17, 15) is 4.79 Å². The largest absolute Gasteiger partial charge is 0.330 e. The first-order chi connectivity index (χ1) is 4.09. The molecule has 0 saturated heterocycles. The number of amides is 2. The molecule has 3 nitrogen and oxygen atoms in total. The lowest BCUT2D eigenvalue weighted by Crippen LogP contribution is -2.31. The fraction of sp³-hybridized carbons (Fsp3) is 0.800. The third kappa shape index (κ3) is 2.60. The van der Waals surface area contributed by atoms with Crippen LogP contribution in [0.1, 0.15) is 0 Å². The van der Waals surface area contributed by atoms with Gasteiger partial charge in [-0.3, -0.25) is 4.31 Å². The maximum atomic E-state index is 10.9. The molecule has 0 saturated carbocycles. The van der Waals surface area contributed by atoms with Crippen molar-refractivity contribution in [1.29, 1.82) is 0 Å². The van der Waals surface area contributed by atoms with Gasteiger partial charge < -0.3 is 4.90 Å². The zero-order valence-electron chi connectivity index (χ0n) is 6.21. The SMILES string of the molecule is CSN(C)C(=O)N(C)C. The molecule has 0 unspecified atom stereocenters. The van der Waals surface area contributed by atoms with Crippen molar-refractivity contribution in [2.75, 3.05) is 27.4 Å². The van der Waals surface area contributed by atoms with Gasteiger partial charge in [-0.1, -0.05) is 0 Å². The van der Waals surface area contributed by atoms with Gasteiger partial charge >= 0.3 is 6.03 Å². The highest BCUT2D eigenvalue weighted by molar-refractivity contribution is 7.96. The van der Waals surface area contributed by atoms with E-state index < -0.39 is 0 Å². The Balaban J connectivity index is 3.73. The predicted molar refractivity (Wildman–Crippen MR) is 40.4 cm³/mol. The third-order valence-electron chi connectivity index (χ3n) is 0.926. The highest BCUT2D eigenvalue weighted by Crippen LogP contribution is 2.02. The van der Waals surface area contributed by atoms with Crippen LogP contribution in [0.15, 0.2) is 0 Å². The average Bonchev–Trinajstić information content (AvgIpc) is 1.84. The zero-order valence-corrected chi connectivity index (χ0v) is 7.03. The van der Waals surface area contributed by atoms with Gasteiger partial charge in [0.05, 0.1) is 0 Å². The third-order valence-corrected chi connectivity index (χ3v) is 1.63. The summed E-state index contributed by atoms with van der Waals surface area (Å²) in [5.74, 6) is 0. The minimum Gasteiger partial charge on any atom is -0.330 e. The number of rotatable bonds is 1. The summed E-state index contributed by atoms with van der Waals surface area (Å²) < 4.78 is 1.57. The lowest BCUT2D eigenvalue weighted by Gasteiger charge is -2.18.